The fourth-order valence-electron chi connectivity index (χ4n) is 2.27. The molecule has 0 saturated carbocycles. The van der Waals surface area contributed by atoms with Crippen LogP contribution in [0.4, 0.5) is 11.4 Å². The lowest BCUT2D eigenvalue weighted by atomic mass is 10.0. The molecule has 1 aliphatic heterocycles. The van der Waals surface area contributed by atoms with Gasteiger partial charge in [-0.3, -0.25) is 10.1 Å². The normalized spacial score (nSPS) is 23.7. The number of rotatable bonds is 3. The number of hydrogen-bond donors (Lipinski definition) is 1. The number of non-ortho nitro benzene ring substituents is 1. The summed E-state index contributed by atoms with van der Waals surface area (Å²) in [6.45, 7) is 4.72. The Balaban J connectivity index is 2.07. The van der Waals surface area contributed by atoms with Gasteiger partial charge in [-0.25, -0.2) is 0 Å². The van der Waals surface area contributed by atoms with Crippen LogP contribution in [-0.4, -0.2) is 23.7 Å². The maximum absolute atomic E-state index is 10.7. The molecule has 1 aromatic carbocycles. The molecule has 2 atom stereocenters. The van der Waals surface area contributed by atoms with E-state index in [9.17, 15) is 10.1 Å². The molecule has 18 heavy (non-hydrogen) atoms. The minimum atomic E-state index is -0.368. The number of nitrogens with zero attached hydrogens (tertiary/aromatic N) is 1. The quantitative estimate of drug-likeness (QED) is 0.661. The third-order valence-corrected chi connectivity index (χ3v) is 3.27. The highest BCUT2D eigenvalue weighted by Gasteiger charge is 2.19. The summed E-state index contributed by atoms with van der Waals surface area (Å²) in [4.78, 5) is 10.3. The van der Waals surface area contributed by atoms with E-state index < -0.39 is 0 Å². The van der Waals surface area contributed by atoms with Crippen LogP contribution in [0.15, 0.2) is 18.2 Å². The largest absolute Gasteiger partial charge is 0.382 e. The summed E-state index contributed by atoms with van der Waals surface area (Å²) in [5.41, 5.74) is 2.02. The summed E-state index contributed by atoms with van der Waals surface area (Å²) in [6.07, 6.45) is 2.21. The fraction of sp³-hybridized carbons (Fsp3) is 0.538. The zero-order chi connectivity index (χ0) is 13.1. The summed E-state index contributed by atoms with van der Waals surface area (Å²) in [5, 5.41) is 14.1. The summed E-state index contributed by atoms with van der Waals surface area (Å²) < 4.78 is 5.50. The van der Waals surface area contributed by atoms with E-state index in [1.165, 1.54) is 6.07 Å². The van der Waals surface area contributed by atoms with Crippen molar-refractivity contribution in [1.82, 2.24) is 0 Å². The second-order valence-corrected chi connectivity index (χ2v) is 4.80. The number of ether oxygens (including phenoxy) is 1. The molecule has 5 heteroatoms. The lowest BCUT2D eigenvalue weighted by Crippen LogP contribution is -2.32. The van der Waals surface area contributed by atoms with Crippen molar-refractivity contribution in [1.29, 1.82) is 0 Å². The van der Waals surface area contributed by atoms with Crippen molar-refractivity contribution in [2.45, 2.75) is 38.8 Å². The molecule has 0 radical (unpaired) electrons. The molecular weight excluding hydrogens is 232 g/mol. The van der Waals surface area contributed by atoms with Gasteiger partial charge in [0.2, 0.25) is 0 Å². The molecule has 98 valence electrons. The molecule has 5 nitrogen and oxygen atoms in total. The average Bonchev–Trinajstić information content (AvgIpc) is 2.31. The second-order valence-electron chi connectivity index (χ2n) is 4.80. The maximum atomic E-state index is 10.7. The van der Waals surface area contributed by atoms with Gasteiger partial charge in [0.05, 0.1) is 11.0 Å². The van der Waals surface area contributed by atoms with Crippen LogP contribution < -0.4 is 5.32 Å². The Bertz CT molecular complexity index is 448. The molecule has 0 bridgehead atoms. The third kappa shape index (κ3) is 2.98. The first-order valence-electron chi connectivity index (χ1n) is 6.19. The van der Waals surface area contributed by atoms with Crippen molar-refractivity contribution in [3.05, 3.63) is 33.9 Å². The van der Waals surface area contributed by atoms with Crippen LogP contribution in [-0.2, 0) is 4.74 Å². The van der Waals surface area contributed by atoms with Gasteiger partial charge in [0, 0.05) is 30.5 Å². The smallest absolute Gasteiger partial charge is 0.269 e. The van der Waals surface area contributed by atoms with Gasteiger partial charge in [-0.05, 0) is 38.3 Å². The van der Waals surface area contributed by atoms with Gasteiger partial charge in [-0.2, -0.15) is 0 Å². The zero-order valence-electron chi connectivity index (χ0n) is 10.7. The van der Waals surface area contributed by atoms with Crippen LogP contribution in [0.3, 0.4) is 0 Å². The van der Waals surface area contributed by atoms with E-state index in [-0.39, 0.29) is 16.7 Å². The van der Waals surface area contributed by atoms with Gasteiger partial charge in [0.1, 0.15) is 0 Å². The summed E-state index contributed by atoms with van der Waals surface area (Å²) >= 11 is 0. The predicted molar refractivity (Wildman–Crippen MR) is 69.9 cm³/mol. The Hall–Kier alpha value is -1.62. The molecule has 0 aromatic heterocycles. The number of anilines is 1. The highest BCUT2D eigenvalue weighted by Crippen LogP contribution is 2.24. The van der Waals surface area contributed by atoms with Crippen molar-refractivity contribution in [2.75, 3.05) is 11.9 Å². The van der Waals surface area contributed by atoms with Crippen LogP contribution in [0.25, 0.3) is 0 Å². The van der Waals surface area contributed by atoms with Crippen molar-refractivity contribution in [2.24, 2.45) is 0 Å². The maximum Gasteiger partial charge on any atom is 0.269 e. The van der Waals surface area contributed by atoms with E-state index in [1.807, 2.05) is 6.92 Å². The third-order valence-electron chi connectivity index (χ3n) is 3.27. The predicted octanol–water partition coefficient (Wildman–Crippen LogP) is 2.88. The number of benzene rings is 1. The first-order chi connectivity index (χ1) is 8.56. The van der Waals surface area contributed by atoms with E-state index >= 15 is 0 Å². The molecular formula is C13H18N2O3. The number of nitro benzene ring substituents is 1. The first-order valence-corrected chi connectivity index (χ1v) is 6.19. The average molecular weight is 250 g/mol. The molecule has 2 rings (SSSR count). The minimum Gasteiger partial charge on any atom is -0.382 e. The zero-order valence-corrected chi connectivity index (χ0v) is 10.7. The molecule has 1 N–H and O–H groups in total. The topological polar surface area (TPSA) is 64.4 Å². The molecule has 0 spiro atoms. The van der Waals surface area contributed by atoms with Crippen molar-refractivity contribution in [3.63, 3.8) is 0 Å². The van der Waals surface area contributed by atoms with Gasteiger partial charge >= 0.3 is 0 Å². The minimum absolute atomic E-state index is 0.137. The van der Waals surface area contributed by atoms with E-state index in [2.05, 4.69) is 12.2 Å². The molecule has 1 aliphatic rings. The molecule has 1 heterocycles. The molecule has 1 aromatic rings. The van der Waals surface area contributed by atoms with Crippen molar-refractivity contribution < 1.29 is 9.66 Å². The van der Waals surface area contributed by atoms with Gasteiger partial charge in [-0.1, -0.05) is 0 Å². The second kappa shape index (κ2) is 5.35. The van der Waals surface area contributed by atoms with E-state index in [0.29, 0.717) is 6.04 Å². The van der Waals surface area contributed by atoms with Gasteiger partial charge in [0.25, 0.3) is 5.69 Å². The van der Waals surface area contributed by atoms with E-state index in [0.717, 1.165) is 30.7 Å². The Kier molecular flexibility index (Phi) is 3.81. The van der Waals surface area contributed by atoms with E-state index in [4.69, 9.17) is 4.74 Å². The Morgan fingerprint density at radius 2 is 2.28 bits per heavy atom. The number of nitro groups is 1. The molecule has 2 unspecified atom stereocenters. The highest BCUT2D eigenvalue weighted by molar-refractivity contribution is 5.55. The van der Waals surface area contributed by atoms with Crippen molar-refractivity contribution >= 4 is 11.4 Å². The lowest BCUT2D eigenvalue weighted by molar-refractivity contribution is -0.384. The molecule has 0 amide bonds. The van der Waals surface area contributed by atoms with Crippen LogP contribution in [0.2, 0.25) is 0 Å². The van der Waals surface area contributed by atoms with Gasteiger partial charge < -0.3 is 10.1 Å². The van der Waals surface area contributed by atoms with Crippen LogP contribution in [0.5, 0.6) is 0 Å². The van der Waals surface area contributed by atoms with Crippen LogP contribution >= 0.6 is 0 Å². The molecule has 1 saturated heterocycles. The number of aryl methyl sites for hydroxylation is 1. The van der Waals surface area contributed by atoms with Gasteiger partial charge in [-0.15, -0.1) is 0 Å². The first kappa shape index (κ1) is 12.8. The molecule has 1 fully saturated rings. The van der Waals surface area contributed by atoms with Crippen LogP contribution in [0, 0.1) is 17.0 Å². The summed E-state index contributed by atoms with van der Waals surface area (Å²) in [6, 6.07) is 5.31. The Labute approximate surface area is 106 Å². The number of nitrogens with one attached hydrogen (secondary N) is 1. The Morgan fingerprint density at radius 1 is 1.50 bits per heavy atom. The summed E-state index contributed by atoms with van der Waals surface area (Å²) in [5.74, 6) is 0. The SMILES string of the molecule is Cc1cc([N+](=O)[O-])ccc1NC1CCOC(C)C1. The molecule has 0 aliphatic carbocycles. The highest BCUT2D eigenvalue weighted by atomic mass is 16.6. The fourth-order valence-corrected chi connectivity index (χ4v) is 2.27. The number of hydrogen-bond acceptors (Lipinski definition) is 4. The lowest BCUT2D eigenvalue weighted by Gasteiger charge is -2.29. The summed E-state index contributed by atoms with van der Waals surface area (Å²) in [7, 11) is 0. The van der Waals surface area contributed by atoms with Crippen molar-refractivity contribution in [3.8, 4) is 0 Å². The van der Waals surface area contributed by atoms with Crippen LogP contribution in [0.1, 0.15) is 25.3 Å². The van der Waals surface area contributed by atoms with E-state index in [1.54, 1.807) is 12.1 Å². The Morgan fingerprint density at radius 3 is 2.89 bits per heavy atom. The van der Waals surface area contributed by atoms with Gasteiger partial charge in [0.15, 0.2) is 0 Å². The standard InChI is InChI=1S/C13H18N2O3/c1-9-7-12(15(16)17)3-4-13(9)14-11-5-6-18-10(2)8-11/h3-4,7,10-11,14H,5-6,8H2,1-2H3. The monoisotopic (exact) mass is 250 g/mol.